The van der Waals surface area contributed by atoms with Crippen molar-refractivity contribution in [1.29, 1.82) is 0 Å². The molecular weight excluding hydrogens is 128 g/mol. The van der Waals surface area contributed by atoms with Crippen molar-refractivity contribution in [2.45, 2.75) is 52.1 Å². The van der Waals surface area contributed by atoms with E-state index < -0.39 is 0 Å². The highest BCUT2D eigenvalue weighted by molar-refractivity contribution is 4.73. The Morgan fingerprint density at radius 1 is 0.600 bits per heavy atom. The zero-order valence-electron chi connectivity index (χ0n) is 7.13. The fourth-order valence-electron chi connectivity index (χ4n) is 0.586. The van der Waals surface area contributed by atoms with Gasteiger partial charge in [0.1, 0.15) is 0 Å². The van der Waals surface area contributed by atoms with Gasteiger partial charge in [-0.05, 0) is 27.7 Å². The van der Waals surface area contributed by atoms with Crippen LogP contribution in [-0.2, 0) is 9.47 Å². The molecule has 4 unspecified atom stereocenters. The molecule has 0 saturated carbocycles. The predicted octanol–water partition coefficient (Wildman–Crippen LogP) is 1.59. The van der Waals surface area contributed by atoms with Crippen LogP contribution in [0.5, 0.6) is 0 Å². The molecule has 2 heterocycles. The molecule has 0 N–H and O–H groups in total. The van der Waals surface area contributed by atoms with Gasteiger partial charge in [-0.3, -0.25) is 0 Å². The zero-order valence-corrected chi connectivity index (χ0v) is 7.13. The SMILES string of the molecule is CC1OC1C.CC1OC1C. The molecule has 0 aromatic rings. The molecule has 2 rings (SSSR count). The smallest absolute Gasteiger partial charge is 0.0811 e. The first-order valence-electron chi connectivity index (χ1n) is 3.92. The molecule has 0 spiro atoms. The Hall–Kier alpha value is -0.0800. The van der Waals surface area contributed by atoms with Crippen LogP contribution in [0.4, 0.5) is 0 Å². The molecule has 4 atom stereocenters. The molecule has 0 amide bonds. The number of hydrogen-bond donors (Lipinski definition) is 0. The zero-order chi connectivity index (χ0) is 7.72. The average Bonchev–Trinajstić information content (AvgIpc) is 2.62. The Balaban J connectivity index is 0.0000001000. The Kier molecular flexibility index (Phi) is 2.32. The summed E-state index contributed by atoms with van der Waals surface area (Å²) in [6.07, 6.45) is 2.20. The third kappa shape index (κ3) is 2.67. The maximum absolute atomic E-state index is 4.92. The highest BCUT2D eigenvalue weighted by atomic mass is 16.6. The van der Waals surface area contributed by atoms with E-state index in [0.29, 0.717) is 24.4 Å². The fraction of sp³-hybridized carbons (Fsp3) is 1.00. The summed E-state index contributed by atoms with van der Waals surface area (Å²) in [7, 11) is 0. The molecule has 10 heavy (non-hydrogen) atoms. The quantitative estimate of drug-likeness (QED) is 0.482. The lowest BCUT2D eigenvalue weighted by molar-refractivity contribution is 0.388. The van der Waals surface area contributed by atoms with Crippen molar-refractivity contribution in [3.63, 3.8) is 0 Å². The van der Waals surface area contributed by atoms with E-state index in [0.717, 1.165) is 0 Å². The van der Waals surface area contributed by atoms with Gasteiger partial charge in [-0.15, -0.1) is 0 Å². The van der Waals surface area contributed by atoms with Crippen LogP contribution in [0, 0.1) is 0 Å². The molecule has 0 aromatic carbocycles. The molecule has 0 bridgehead atoms. The van der Waals surface area contributed by atoms with Crippen molar-refractivity contribution in [3.05, 3.63) is 0 Å². The lowest BCUT2D eigenvalue weighted by Gasteiger charge is -1.57. The van der Waals surface area contributed by atoms with Gasteiger partial charge in [0.05, 0.1) is 24.4 Å². The molecule has 2 aliphatic heterocycles. The lowest BCUT2D eigenvalue weighted by Crippen LogP contribution is -1.74. The lowest BCUT2D eigenvalue weighted by atomic mass is 10.4. The summed E-state index contributed by atoms with van der Waals surface area (Å²) in [5.41, 5.74) is 0. The van der Waals surface area contributed by atoms with Gasteiger partial charge in [0, 0.05) is 0 Å². The van der Waals surface area contributed by atoms with Crippen molar-refractivity contribution < 1.29 is 9.47 Å². The van der Waals surface area contributed by atoms with Gasteiger partial charge in [-0.1, -0.05) is 0 Å². The molecule has 0 radical (unpaired) electrons. The van der Waals surface area contributed by atoms with Crippen molar-refractivity contribution in [2.24, 2.45) is 0 Å². The third-order valence-electron chi connectivity index (χ3n) is 2.03. The second kappa shape index (κ2) is 2.89. The van der Waals surface area contributed by atoms with Gasteiger partial charge >= 0.3 is 0 Å². The van der Waals surface area contributed by atoms with E-state index in [2.05, 4.69) is 27.7 Å². The monoisotopic (exact) mass is 144 g/mol. The van der Waals surface area contributed by atoms with Crippen LogP contribution < -0.4 is 0 Å². The molecule has 60 valence electrons. The Bertz CT molecular complexity index is 87.8. The molecular formula is C8H16O2. The summed E-state index contributed by atoms with van der Waals surface area (Å²) >= 11 is 0. The maximum Gasteiger partial charge on any atom is 0.0811 e. The second-order valence-corrected chi connectivity index (χ2v) is 3.09. The van der Waals surface area contributed by atoms with Crippen molar-refractivity contribution in [3.8, 4) is 0 Å². The molecule has 2 saturated heterocycles. The summed E-state index contributed by atoms with van der Waals surface area (Å²) in [4.78, 5) is 0. The van der Waals surface area contributed by atoms with Crippen LogP contribution in [0.1, 0.15) is 27.7 Å². The largest absolute Gasteiger partial charge is 0.370 e. The van der Waals surface area contributed by atoms with Crippen LogP contribution in [0.25, 0.3) is 0 Å². The predicted molar refractivity (Wildman–Crippen MR) is 40.0 cm³/mol. The first-order chi connectivity index (χ1) is 4.61. The van der Waals surface area contributed by atoms with Crippen LogP contribution in [0.2, 0.25) is 0 Å². The van der Waals surface area contributed by atoms with Gasteiger partial charge in [0.2, 0.25) is 0 Å². The van der Waals surface area contributed by atoms with Crippen molar-refractivity contribution in [2.75, 3.05) is 0 Å². The van der Waals surface area contributed by atoms with Gasteiger partial charge in [0.15, 0.2) is 0 Å². The topological polar surface area (TPSA) is 25.1 Å². The van der Waals surface area contributed by atoms with E-state index in [1.165, 1.54) is 0 Å². The minimum absolute atomic E-state index is 0.551. The average molecular weight is 144 g/mol. The molecule has 2 heteroatoms. The maximum atomic E-state index is 4.92. The number of epoxide rings is 2. The van der Waals surface area contributed by atoms with Crippen LogP contribution >= 0.6 is 0 Å². The molecule has 0 aromatic heterocycles. The van der Waals surface area contributed by atoms with E-state index in [1.54, 1.807) is 0 Å². The van der Waals surface area contributed by atoms with E-state index in [-0.39, 0.29) is 0 Å². The van der Waals surface area contributed by atoms with E-state index in [9.17, 15) is 0 Å². The Morgan fingerprint density at radius 3 is 0.700 bits per heavy atom. The Morgan fingerprint density at radius 2 is 0.700 bits per heavy atom. The summed E-state index contributed by atoms with van der Waals surface area (Å²) in [5, 5.41) is 0. The van der Waals surface area contributed by atoms with E-state index in [4.69, 9.17) is 9.47 Å². The summed E-state index contributed by atoms with van der Waals surface area (Å²) in [6, 6.07) is 0. The second-order valence-electron chi connectivity index (χ2n) is 3.09. The first kappa shape index (κ1) is 8.02. The molecule has 0 aliphatic carbocycles. The first-order valence-corrected chi connectivity index (χ1v) is 3.92. The molecule has 2 nitrogen and oxygen atoms in total. The summed E-state index contributed by atoms with van der Waals surface area (Å²) in [6.45, 7) is 8.30. The highest BCUT2D eigenvalue weighted by Crippen LogP contribution is 2.18. The van der Waals surface area contributed by atoms with Gasteiger partial charge in [-0.25, -0.2) is 0 Å². The third-order valence-corrected chi connectivity index (χ3v) is 2.03. The van der Waals surface area contributed by atoms with E-state index >= 15 is 0 Å². The number of hydrogen-bond acceptors (Lipinski definition) is 2. The number of rotatable bonds is 0. The van der Waals surface area contributed by atoms with Crippen LogP contribution in [-0.4, -0.2) is 24.4 Å². The van der Waals surface area contributed by atoms with Gasteiger partial charge in [-0.2, -0.15) is 0 Å². The Labute approximate surface area is 62.5 Å². The standard InChI is InChI=1S/2C4H8O/c2*1-3-4(2)5-3/h2*3-4H,1-2H3. The fourth-order valence-corrected chi connectivity index (χ4v) is 0.586. The van der Waals surface area contributed by atoms with Crippen molar-refractivity contribution in [1.82, 2.24) is 0 Å². The normalized spacial score (nSPS) is 49.2. The van der Waals surface area contributed by atoms with E-state index in [1.807, 2.05) is 0 Å². The molecule has 2 aliphatic rings. The van der Waals surface area contributed by atoms with Crippen LogP contribution in [0.15, 0.2) is 0 Å². The van der Waals surface area contributed by atoms with Gasteiger partial charge < -0.3 is 9.47 Å². The summed E-state index contributed by atoms with van der Waals surface area (Å²) in [5.74, 6) is 0. The summed E-state index contributed by atoms with van der Waals surface area (Å²) < 4.78 is 9.83. The van der Waals surface area contributed by atoms with Gasteiger partial charge in [0.25, 0.3) is 0 Å². The minimum atomic E-state index is 0.551. The molecule has 2 fully saturated rings. The van der Waals surface area contributed by atoms with Crippen molar-refractivity contribution >= 4 is 0 Å². The number of ether oxygens (including phenoxy) is 2. The van der Waals surface area contributed by atoms with Crippen LogP contribution in [0.3, 0.4) is 0 Å². The highest BCUT2D eigenvalue weighted by Gasteiger charge is 2.28. The minimum Gasteiger partial charge on any atom is -0.370 e.